The molecule has 3 heterocycles. The summed E-state index contributed by atoms with van der Waals surface area (Å²) in [6.45, 7) is 3.62. The van der Waals surface area contributed by atoms with Gasteiger partial charge in [0.05, 0.1) is 12.1 Å². The van der Waals surface area contributed by atoms with Gasteiger partial charge in [0, 0.05) is 61.5 Å². The molecule has 11 rings (SSSR count). The smallest absolute Gasteiger partial charge is 0.0567 e. The summed E-state index contributed by atoms with van der Waals surface area (Å²) in [6.07, 6.45) is 25.6. The number of fused-ring (bicyclic) bond motifs is 9. The Labute approximate surface area is 319 Å². The van der Waals surface area contributed by atoms with Crippen molar-refractivity contribution in [2.75, 3.05) is 0 Å². The van der Waals surface area contributed by atoms with Crippen molar-refractivity contribution in [3.63, 3.8) is 0 Å². The van der Waals surface area contributed by atoms with Gasteiger partial charge in [0.25, 0.3) is 0 Å². The largest absolute Gasteiger partial charge is 0.341 e. The van der Waals surface area contributed by atoms with Crippen LogP contribution in [0, 0.1) is 17.8 Å². The van der Waals surface area contributed by atoms with Crippen molar-refractivity contribution in [1.82, 2.24) is 13.7 Å². The number of benzene rings is 4. The number of unbranched alkanes of at least 4 members (excludes halogenated alkanes) is 2. The third-order valence-corrected chi connectivity index (χ3v) is 13.8. The third kappa shape index (κ3) is 5.37. The zero-order valence-electron chi connectivity index (χ0n) is 31.6. The zero-order valence-corrected chi connectivity index (χ0v) is 31.6. The summed E-state index contributed by atoms with van der Waals surface area (Å²) in [4.78, 5) is 0. The van der Waals surface area contributed by atoms with Crippen LogP contribution in [-0.4, -0.2) is 13.7 Å². The molecular formula is C51H51N3. The van der Waals surface area contributed by atoms with Crippen LogP contribution in [0.15, 0.2) is 121 Å². The molecule has 0 bridgehead atoms. The lowest BCUT2D eigenvalue weighted by Crippen LogP contribution is -2.16. The lowest BCUT2D eigenvalue weighted by atomic mass is 9.90. The lowest BCUT2D eigenvalue weighted by molar-refractivity contribution is 0.372. The highest BCUT2D eigenvalue weighted by Crippen LogP contribution is 2.45. The van der Waals surface area contributed by atoms with E-state index in [1.54, 1.807) is 16.7 Å². The van der Waals surface area contributed by atoms with Gasteiger partial charge >= 0.3 is 0 Å². The predicted molar refractivity (Wildman–Crippen MR) is 228 cm³/mol. The Bertz CT molecular complexity index is 2380. The van der Waals surface area contributed by atoms with Crippen molar-refractivity contribution in [2.45, 2.75) is 89.8 Å². The second-order valence-corrected chi connectivity index (χ2v) is 17.1. The van der Waals surface area contributed by atoms with Gasteiger partial charge in [0.2, 0.25) is 0 Å². The Hall–Kier alpha value is -5.02. The fourth-order valence-corrected chi connectivity index (χ4v) is 11.1. The van der Waals surface area contributed by atoms with Crippen LogP contribution in [0.3, 0.4) is 0 Å². The van der Waals surface area contributed by atoms with Crippen molar-refractivity contribution in [2.24, 2.45) is 17.8 Å². The standard InChI is InChI=1S/C51H51N3/c1-34-29-36(30-35-22-23-35)31-37(34)13-3-2-12-28-52-46-26-24-38(53-48-18-8-4-14-40(48)41-15-5-9-19-49(41)53)32-44(46)45-33-39(25-27-47(45)52)54-50-20-10-6-16-42(50)43-17-7-11-21-51(43)54/h4-11,14-21,24-27,30,34,36-39H,2-3,12-13,22-23,28-29,31-33H2,1H3. The van der Waals surface area contributed by atoms with Gasteiger partial charge in [-0.15, -0.1) is 0 Å². The van der Waals surface area contributed by atoms with Crippen molar-refractivity contribution in [3.05, 3.63) is 143 Å². The van der Waals surface area contributed by atoms with Crippen LogP contribution in [0.25, 0.3) is 55.8 Å². The second-order valence-electron chi connectivity index (χ2n) is 17.1. The van der Waals surface area contributed by atoms with E-state index >= 15 is 0 Å². The van der Waals surface area contributed by atoms with Gasteiger partial charge in [-0.1, -0.05) is 123 Å². The Balaban J connectivity index is 0.923. The molecule has 4 aliphatic carbocycles. The molecule has 3 nitrogen and oxygen atoms in total. The summed E-state index contributed by atoms with van der Waals surface area (Å²) < 4.78 is 7.94. The van der Waals surface area contributed by atoms with E-state index in [4.69, 9.17) is 0 Å². The van der Waals surface area contributed by atoms with Gasteiger partial charge in [0.15, 0.2) is 0 Å². The number of hydrogen-bond donors (Lipinski definition) is 0. The number of allylic oxidation sites excluding steroid dienone is 4. The van der Waals surface area contributed by atoms with E-state index in [0.717, 1.165) is 37.1 Å². The van der Waals surface area contributed by atoms with Crippen LogP contribution in [0.1, 0.15) is 92.9 Å². The van der Waals surface area contributed by atoms with E-state index in [1.165, 1.54) is 106 Å². The van der Waals surface area contributed by atoms with Crippen LogP contribution in [0.2, 0.25) is 0 Å². The minimum Gasteiger partial charge on any atom is -0.341 e. The molecule has 3 aromatic heterocycles. The molecule has 0 radical (unpaired) electrons. The first-order chi connectivity index (χ1) is 26.7. The maximum absolute atomic E-state index is 2.71. The highest BCUT2D eigenvalue weighted by molar-refractivity contribution is 6.09. The van der Waals surface area contributed by atoms with E-state index in [9.17, 15) is 0 Å². The molecule has 7 aromatic rings. The quantitative estimate of drug-likeness (QED) is 0.105. The first-order valence-corrected chi connectivity index (χ1v) is 20.9. The molecule has 2 fully saturated rings. The summed E-state index contributed by atoms with van der Waals surface area (Å²) in [5.41, 5.74) is 13.1. The van der Waals surface area contributed by atoms with Crippen LogP contribution in [0.5, 0.6) is 0 Å². The van der Waals surface area contributed by atoms with E-state index in [-0.39, 0.29) is 12.1 Å². The number of rotatable bonds is 9. The fraction of sp³-hybridized carbons (Fsp3) is 0.333. The first-order valence-electron chi connectivity index (χ1n) is 20.9. The first kappa shape index (κ1) is 32.4. The van der Waals surface area contributed by atoms with Crippen LogP contribution in [0.4, 0.5) is 0 Å². The summed E-state index contributed by atoms with van der Waals surface area (Å²) in [5.74, 6) is 2.66. The number of aromatic nitrogens is 3. The molecule has 2 saturated carbocycles. The predicted octanol–water partition coefficient (Wildman–Crippen LogP) is 13.3. The fourth-order valence-electron chi connectivity index (χ4n) is 11.1. The van der Waals surface area contributed by atoms with Crippen molar-refractivity contribution in [1.29, 1.82) is 0 Å². The molecule has 5 atom stereocenters. The molecule has 0 aliphatic heterocycles. The molecule has 0 N–H and O–H groups in total. The summed E-state index contributed by atoms with van der Waals surface area (Å²) in [5, 5.41) is 5.40. The normalized spacial score (nSPS) is 23.2. The monoisotopic (exact) mass is 705 g/mol. The maximum Gasteiger partial charge on any atom is 0.0567 e. The van der Waals surface area contributed by atoms with Gasteiger partial charge in [-0.3, -0.25) is 0 Å². The molecule has 0 spiro atoms. The minimum atomic E-state index is 0.271. The number of nitrogens with zero attached hydrogens (tertiary/aromatic N) is 3. The Morgan fingerprint density at radius 1 is 0.574 bits per heavy atom. The molecule has 4 aromatic carbocycles. The van der Waals surface area contributed by atoms with Gasteiger partial charge in [-0.2, -0.15) is 0 Å². The van der Waals surface area contributed by atoms with E-state index < -0.39 is 0 Å². The van der Waals surface area contributed by atoms with Crippen molar-refractivity contribution < 1.29 is 0 Å². The van der Waals surface area contributed by atoms with Crippen LogP contribution >= 0.6 is 0 Å². The average molecular weight is 706 g/mol. The molecule has 3 heteroatoms. The summed E-state index contributed by atoms with van der Waals surface area (Å²) in [7, 11) is 0. The zero-order chi connectivity index (χ0) is 35.8. The summed E-state index contributed by atoms with van der Waals surface area (Å²) in [6, 6.07) is 36.5. The minimum absolute atomic E-state index is 0.271. The van der Waals surface area contributed by atoms with Crippen LogP contribution < -0.4 is 0 Å². The Morgan fingerprint density at radius 2 is 1.06 bits per heavy atom. The van der Waals surface area contributed by atoms with Gasteiger partial charge in [-0.05, 0) is 110 Å². The van der Waals surface area contributed by atoms with E-state index in [0.29, 0.717) is 0 Å². The molecule has 0 saturated heterocycles. The molecule has 0 amide bonds. The third-order valence-electron chi connectivity index (χ3n) is 13.8. The molecular weight excluding hydrogens is 655 g/mol. The highest BCUT2D eigenvalue weighted by Gasteiger charge is 2.32. The van der Waals surface area contributed by atoms with Gasteiger partial charge < -0.3 is 13.7 Å². The Morgan fingerprint density at radius 3 is 1.54 bits per heavy atom. The number of hydrogen-bond acceptors (Lipinski definition) is 0. The topological polar surface area (TPSA) is 14.8 Å². The molecule has 54 heavy (non-hydrogen) atoms. The maximum atomic E-state index is 2.71. The van der Waals surface area contributed by atoms with E-state index in [1.807, 2.05) is 0 Å². The molecule has 4 aliphatic rings. The number of para-hydroxylation sites is 4. The van der Waals surface area contributed by atoms with Crippen molar-refractivity contribution >= 4 is 55.8 Å². The lowest BCUT2D eigenvalue weighted by Gasteiger charge is -2.25. The van der Waals surface area contributed by atoms with Crippen molar-refractivity contribution in [3.8, 4) is 0 Å². The van der Waals surface area contributed by atoms with Crippen LogP contribution in [-0.2, 0) is 19.4 Å². The summed E-state index contributed by atoms with van der Waals surface area (Å²) >= 11 is 0. The second kappa shape index (κ2) is 13.1. The molecule has 270 valence electrons. The van der Waals surface area contributed by atoms with Gasteiger partial charge in [0.1, 0.15) is 0 Å². The highest BCUT2D eigenvalue weighted by atomic mass is 15.1. The van der Waals surface area contributed by atoms with Gasteiger partial charge in [-0.25, -0.2) is 0 Å². The average Bonchev–Trinajstić information content (AvgIpc) is 3.60. The molecule has 5 unspecified atom stereocenters. The Kier molecular flexibility index (Phi) is 7.85. The van der Waals surface area contributed by atoms with E-state index in [2.05, 4.69) is 148 Å². The SMILES string of the molecule is CC1CC(C=C2CC2)CC1CCCCCn1c2c(c3c1C=CC(n1c4ccccc4c4ccccc41)C3)CC(n1c3ccccc3c3ccccc31)C=C2.